The first-order valence-electron chi connectivity index (χ1n) is 6.79. The van der Waals surface area contributed by atoms with Crippen LogP contribution in [-0.4, -0.2) is 18.2 Å². The molecule has 0 aliphatic heterocycles. The minimum Gasteiger partial charge on any atom is -0.381 e. The quantitative estimate of drug-likeness (QED) is 0.887. The van der Waals surface area contributed by atoms with E-state index in [1.165, 1.54) is 10.9 Å². The van der Waals surface area contributed by atoms with Crippen LogP contribution in [0, 0.1) is 0 Å². The van der Waals surface area contributed by atoms with Gasteiger partial charge in [0.1, 0.15) is 4.90 Å². The molecule has 3 N–H and O–H groups in total. The fourth-order valence-corrected chi connectivity index (χ4v) is 3.24. The topological polar surface area (TPSA) is 90.0 Å². The first-order chi connectivity index (χ1) is 9.85. The molecule has 0 saturated heterocycles. The summed E-state index contributed by atoms with van der Waals surface area (Å²) in [4.78, 5) is 0.00269. The first kappa shape index (κ1) is 15.4. The summed E-state index contributed by atoms with van der Waals surface area (Å²) in [5.74, 6) is 0.214. The highest BCUT2D eigenvalue weighted by Crippen LogP contribution is 2.27. The van der Waals surface area contributed by atoms with Gasteiger partial charge in [-0.05, 0) is 24.5 Å². The summed E-state index contributed by atoms with van der Waals surface area (Å²) < 4.78 is 29.1. The van der Waals surface area contributed by atoms with Gasteiger partial charge in [-0.15, -0.1) is 0 Å². The Hall–Kier alpha value is -2.02. The predicted molar refractivity (Wildman–Crippen MR) is 83.7 cm³/mol. The molecule has 1 heterocycles. The van der Waals surface area contributed by atoms with Crippen LogP contribution in [0.4, 0.5) is 11.5 Å². The molecule has 0 radical (unpaired) electrons. The SMILES string of the molecule is CCn1cc(S(=O)(=O)Nc2ccccc2C(C)C)c(N)n1. The fourth-order valence-electron chi connectivity index (χ4n) is 2.08. The molecule has 0 spiro atoms. The third-order valence-corrected chi connectivity index (χ3v) is 4.58. The second-order valence-corrected chi connectivity index (χ2v) is 6.73. The van der Waals surface area contributed by atoms with Crippen LogP contribution >= 0.6 is 0 Å². The maximum atomic E-state index is 12.5. The number of aryl methyl sites for hydroxylation is 1. The molecule has 1 aromatic heterocycles. The molecular formula is C14H20N4O2S. The van der Waals surface area contributed by atoms with Gasteiger partial charge in [0.05, 0.1) is 5.69 Å². The summed E-state index contributed by atoms with van der Waals surface area (Å²) in [5.41, 5.74) is 7.20. The number of para-hydroxylation sites is 1. The summed E-state index contributed by atoms with van der Waals surface area (Å²) in [6.07, 6.45) is 1.44. The van der Waals surface area contributed by atoms with Gasteiger partial charge in [0, 0.05) is 12.7 Å². The van der Waals surface area contributed by atoms with Gasteiger partial charge in [-0.2, -0.15) is 5.10 Å². The molecule has 0 aliphatic carbocycles. The number of rotatable bonds is 5. The predicted octanol–water partition coefficient (Wildman–Crippen LogP) is 2.41. The highest BCUT2D eigenvalue weighted by atomic mass is 32.2. The summed E-state index contributed by atoms with van der Waals surface area (Å²) >= 11 is 0. The zero-order valence-electron chi connectivity index (χ0n) is 12.4. The lowest BCUT2D eigenvalue weighted by atomic mass is 10.0. The van der Waals surface area contributed by atoms with E-state index in [1.54, 1.807) is 12.1 Å². The van der Waals surface area contributed by atoms with Crippen molar-refractivity contribution >= 4 is 21.5 Å². The highest BCUT2D eigenvalue weighted by molar-refractivity contribution is 7.92. The normalized spacial score (nSPS) is 11.8. The van der Waals surface area contributed by atoms with Crippen LogP contribution in [0.2, 0.25) is 0 Å². The van der Waals surface area contributed by atoms with E-state index < -0.39 is 10.0 Å². The van der Waals surface area contributed by atoms with Crippen LogP contribution in [0.3, 0.4) is 0 Å². The minimum absolute atomic E-state index is 0.00269. The second kappa shape index (κ2) is 5.77. The zero-order valence-corrected chi connectivity index (χ0v) is 13.2. The summed E-state index contributed by atoms with van der Waals surface area (Å²) in [6, 6.07) is 7.33. The number of sulfonamides is 1. The molecule has 0 amide bonds. The molecule has 0 aliphatic rings. The number of anilines is 2. The zero-order chi connectivity index (χ0) is 15.6. The molecule has 0 bridgehead atoms. The average molecular weight is 308 g/mol. The van der Waals surface area contributed by atoms with Gasteiger partial charge in [-0.3, -0.25) is 9.40 Å². The Bertz CT molecular complexity index is 735. The minimum atomic E-state index is -3.75. The van der Waals surface area contributed by atoms with Gasteiger partial charge >= 0.3 is 0 Å². The van der Waals surface area contributed by atoms with Crippen LogP contribution in [0.25, 0.3) is 0 Å². The Morgan fingerprint density at radius 3 is 2.57 bits per heavy atom. The third kappa shape index (κ3) is 3.18. The molecule has 2 aromatic rings. The molecule has 0 fully saturated rings. The Kier molecular flexibility index (Phi) is 4.22. The van der Waals surface area contributed by atoms with Crippen molar-refractivity contribution in [3.63, 3.8) is 0 Å². The molecule has 7 heteroatoms. The van der Waals surface area contributed by atoms with Crippen molar-refractivity contribution in [3.8, 4) is 0 Å². The molecule has 1 aromatic carbocycles. The number of hydrogen-bond donors (Lipinski definition) is 2. The number of nitrogens with zero attached hydrogens (tertiary/aromatic N) is 2. The number of nitrogens with one attached hydrogen (secondary N) is 1. The Morgan fingerprint density at radius 2 is 2.00 bits per heavy atom. The van der Waals surface area contributed by atoms with E-state index in [9.17, 15) is 8.42 Å². The smallest absolute Gasteiger partial charge is 0.267 e. The van der Waals surface area contributed by atoms with E-state index in [1.807, 2.05) is 32.9 Å². The van der Waals surface area contributed by atoms with Crippen LogP contribution in [-0.2, 0) is 16.6 Å². The largest absolute Gasteiger partial charge is 0.381 e. The van der Waals surface area contributed by atoms with Gasteiger partial charge in [0.25, 0.3) is 10.0 Å². The molecule has 0 saturated carbocycles. The van der Waals surface area contributed by atoms with Crippen molar-refractivity contribution in [3.05, 3.63) is 36.0 Å². The molecule has 0 unspecified atom stereocenters. The Balaban J connectivity index is 2.40. The molecule has 2 rings (SSSR count). The van der Waals surface area contributed by atoms with Crippen molar-refractivity contribution in [2.24, 2.45) is 0 Å². The first-order valence-corrected chi connectivity index (χ1v) is 8.28. The highest BCUT2D eigenvalue weighted by Gasteiger charge is 2.22. The molecule has 114 valence electrons. The van der Waals surface area contributed by atoms with Crippen molar-refractivity contribution in [2.75, 3.05) is 10.5 Å². The van der Waals surface area contributed by atoms with E-state index in [4.69, 9.17) is 5.73 Å². The maximum absolute atomic E-state index is 12.5. The van der Waals surface area contributed by atoms with E-state index in [2.05, 4.69) is 9.82 Å². The Labute approximate surface area is 125 Å². The number of nitrogen functional groups attached to an aromatic ring is 1. The maximum Gasteiger partial charge on any atom is 0.267 e. The van der Waals surface area contributed by atoms with E-state index in [0.717, 1.165) is 5.56 Å². The average Bonchev–Trinajstić information content (AvgIpc) is 2.81. The third-order valence-electron chi connectivity index (χ3n) is 3.20. The van der Waals surface area contributed by atoms with Crippen molar-refractivity contribution in [2.45, 2.75) is 38.1 Å². The molecule has 21 heavy (non-hydrogen) atoms. The van der Waals surface area contributed by atoms with Crippen LogP contribution in [0.1, 0.15) is 32.3 Å². The molecule has 6 nitrogen and oxygen atoms in total. The standard InChI is InChI=1S/C14H20N4O2S/c1-4-18-9-13(14(15)16-18)21(19,20)17-12-8-6-5-7-11(12)10(2)3/h5-10,17H,4H2,1-3H3,(H2,15,16). The lowest BCUT2D eigenvalue weighted by Gasteiger charge is -2.14. The van der Waals surface area contributed by atoms with E-state index in [-0.39, 0.29) is 16.6 Å². The summed E-state index contributed by atoms with van der Waals surface area (Å²) in [5, 5.41) is 3.97. The van der Waals surface area contributed by atoms with Crippen molar-refractivity contribution in [1.82, 2.24) is 9.78 Å². The van der Waals surface area contributed by atoms with Crippen LogP contribution in [0.5, 0.6) is 0 Å². The van der Waals surface area contributed by atoms with Crippen LogP contribution in [0.15, 0.2) is 35.4 Å². The monoisotopic (exact) mass is 308 g/mol. The van der Waals surface area contributed by atoms with Gasteiger partial charge < -0.3 is 5.73 Å². The molecular weight excluding hydrogens is 288 g/mol. The van der Waals surface area contributed by atoms with Crippen molar-refractivity contribution in [1.29, 1.82) is 0 Å². The van der Waals surface area contributed by atoms with Gasteiger partial charge in [0.2, 0.25) is 0 Å². The van der Waals surface area contributed by atoms with Gasteiger partial charge in [-0.1, -0.05) is 32.0 Å². The van der Waals surface area contributed by atoms with Gasteiger partial charge in [-0.25, -0.2) is 8.42 Å². The van der Waals surface area contributed by atoms with E-state index in [0.29, 0.717) is 12.2 Å². The number of nitrogens with two attached hydrogens (primary N) is 1. The lowest BCUT2D eigenvalue weighted by Crippen LogP contribution is -2.15. The second-order valence-electron chi connectivity index (χ2n) is 5.08. The number of hydrogen-bond acceptors (Lipinski definition) is 4. The van der Waals surface area contributed by atoms with Crippen LogP contribution < -0.4 is 10.5 Å². The Morgan fingerprint density at radius 1 is 1.33 bits per heavy atom. The van der Waals surface area contributed by atoms with Crippen molar-refractivity contribution < 1.29 is 8.42 Å². The van der Waals surface area contributed by atoms with Gasteiger partial charge in [0.15, 0.2) is 5.82 Å². The fraction of sp³-hybridized carbons (Fsp3) is 0.357. The van der Waals surface area contributed by atoms with E-state index >= 15 is 0 Å². The summed E-state index contributed by atoms with van der Waals surface area (Å²) in [6.45, 7) is 6.44. The summed E-state index contributed by atoms with van der Waals surface area (Å²) in [7, 11) is -3.75. The molecule has 0 atom stereocenters. The number of benzene rings is 1. The lowest BCUT2D eigenvalue weighted by molar-refractivity contribution is 0.600. The number of aromatic nitrogens is 2.